The zero-order valence-corrected chi connectivity index (χ0v) is 36.8. The van der Waals surface area contributed by atoms with Gasteiger partial charge in [0.1, 0.15) is 0 Å². The Kier molecular flexibility index (Phi) is 16.3. The van der Waals surface area contributed by atoms with Gasteiger partial charge < -0.3 is 0 Å². The normalized spacial score (nSPS) is 17.2. The van der Waals surface area contributed by atoms with E-state index in [0.29, 0.717) is 0 Å². The van der Waals surface area contributed by atoms with Crippen molar-refractivity contribution in [1.29, 1.82) is 0 Å². The maximum absolute atomic E-state index is 11.8. The molecule has 248 valence electrons. The van der Waals surface area contributed by atoms with Crippen molar-refractivity contribution < 1.29 is 13.0 Å². The van der Waals surface area contributed by atoms with Gasteiger partial charge in [-0.15, -0.1) is 0 Å². The van der Waals surface area contributed by atoms with Gasteiger partial charge in [0.05, 0.1) is 0 Å². The van der Waals surface area contributed by atoms with E-state index in [1.165, 1.54) is 0 Å². The number of halogens is 25. The Balaban J connectivity index is 7.45. The van der Waals surface area contributed by atoms with E-state index < -0.39 is 60.9 Å². The van der Waals surface area contributed by atoms with Crippen LogP contribution in [0.5, 0.6) is 0 Å². The number of alkyl halides is 25. The molecule has 0 unspecified atom stereocenters. The first-order valence-corrected chi connectivity index (χ1v) is 19.1. The van der Waals surface area contributed by atoms with Crippen LogP contribution in [-0.4, -0.2) is 63.8 Å². The summed E-state index contributed by atoms with van der Waals surface area (Å²) < 4.78 is -8.09. The highest BCUT2D eigenvalue weighted by atomic mass is 35.6. The smallest absolute Gasteiger partial charge is 0.283 e. The zero-order chi connectivity index (χ0) is 34.5. The summed E-state index contributed by atoms with van der Waals surface area (Å²) in [5.41, 5.74) is 0. The van der Waals surface area contributed by atoms with Crippen LogP contribution in [0, 0.1) is 0 Å². The van der Waals surface area contributed by atoms with Gasteiger partial charge in [0, 0.05) is 0 Å². The molecule has 1 N–H and O–H groups in total. The number of rotatable bonds is 11. The molecular formula is C12HCl25O3S. The monoisotopic (exact) mass is 1100 g/mol. The van der Waals surface area contributed by atoms with Crippen molar-refractivity contribution in [1.82, 2.24) is 0 Å². The first-order valence-electron chi connectivity index (χ1n) is 8.19. The fraction of sp³-hybridized carbons (Fsp3) is 1.00. The molecule has 0 fully saturated rings. The van der Waals surface area contributed by atoms with Gasteiger partial charge in [-0.2, -0.15) is 8.42 Å². The van der Waals surface area contributed by atoms with Crippen LogP contribution in [-0.2, 0) is 10.1 Å². The van der Waals surface area contributed by atoms with Gasteiger partial charge >= 0.3 is 10.1 Å². The molecule has 0 atom stereocenters. The molecule has 0 heterocycles. The Hall–Kier alpha value is 7.16. The van der Waals surface area contributed by atoms with E-state index in [1.54, 1.807) is 0 Å². The fourth-order valence-corrected chi connectivity index (χ4v) is 11.1. The second kappa shape index (κ2) is 13.9. The third kappa shape index (κ3) is 7.25. The lowest BCUT2D eigenvalue weighted by molar-refractivity contribution is 0.413. The quantitative estimate of drug-likeness (QED) is 0.166. The van der Waals surface area contributed by atoms with Crippen molar-refractivity contribution in [2.24, 2.45) is 0 Å². The van der Waals surface area contributed by atoms with Crippen molar-refractivity contribution in [3.8, 4) is 0 Å². The topological polar surface area (TPSA) is 54.4 Å². The highest BCUT2D eigenvalue weighted by Gasteiger charge is 2.86. The van der Waals surface area contributed by atoms with Gasteiger partial charge in [0.15, 0.2) is 34.7 Å². The molecule has 29 heteroatoms. The summed E-state index contributed by atoms with van der Waals surface area (Å²) in [5.74, 6) is 0. The van der Waals surface area contributed by atoms with Crippen molar-refractivity contribution >= 4 is 300 Å². The van der Waals surface area contributed by atoms with Crippen LogP contribution in [0.15, 0.2) is 0 Å². The lowest BCUT2D eigenvalue weighted by atomic mass is 9.99. The van der Waals surface area contributed by atoms with Gasteiger partial charge in [-0.25, -0.2) is 0 Å². The van der Waals surface area contributed by atoms with E-state index in [9.17, 15) is 13.0 Å². The molecule has 3 nitrogen and oxygen atoms in total. The molecular weight excluding hydrogens is 1110 g/mol. The average molecular weight is 1110 g/mol. The van der Waals surface area contributed by atoms with Crippen molar-refractivity contribution in [2.75, 3.05) is 0 Å². The molecule has 0 radical (unpaired) electrons. The summed E-state index contributed by atoms with van der Waals surface area (Å²) in [5, 5.41) is 0. The molecule has 0 saturated carbocycles. The van der Waals surface area contributed by atoms with Crippen LogP contribution >= 0.6 is 290 Å². The summed E-state index contributed by atoms with van der Waals surface area (Å²) in [4.78, 5) is 0. The maximum Gasteiger partial charge on any atom is 0.302 e. The van der Waals surface area contributed by atoms with Crippen molar-refractivity contribution in [2.45, 2.75) is 50.8 Å². The first kappa shape index (κ1) is 48.2. The van der Waals surface area contributed by atoms with Crippen LogP contribution in [0.25, 0.3) is 0 Å². The summed E-state index contributed by atoms with van der Waals surface area (Å²) in [6.45, 7) is 0. The van der Waals surface area contributed by atoms with Crippen LogP contribution in [0.1, 0.15) is 0 Å². The third-order valence-electron chi connectivity index (χ3n) is 4.59. The van der Waals surface area contributed by atoms with Crippen LogP contribution < -0.4 is 0 Å². The minimum absolute atomic E-state index is 2.81. The lowest BCUT2D eigenvalue weighted by Gasteiger charge is -2.57. The zero-order valence-electron chi connectivity index (χ0n) is 17.1. The summed E-state index contributed by atoms with van der Waals surface area (Å²) in [7, 11) is -5.69. The average Bonchev–Trinajstić information content (AvgIpc) is 2.70. The van der Waals surface area contributed by atoms with Gasteiger partial charge in [-0.05, 0) is 0 Å². The van der Waals surface area contributed by atoms with Gasteiger partial charge in [-0.3, -0.25) is 4.55 Å². The molecule has 0 amide bonds. The summed E-state index contributed by atoms with van der Waals surface area (Å²) in [6, 6.07) is 0. The second-order valence-electron chi connectivity index (χ2n) is 7.23. The van der Waals surface area contributed by atoms with Gasteiger partial charge in [0.2, 0.25) is 12.5 Å². The summed E-state index contributed by atoms with van der Waals surface area (Å²) >= 11 is 152. The second-order valence-corrected chi connectivity index (χ2v) is 26.1. The van der Waals surface area contributed by atoms with Gasteiger partial charge in [-0.1, -0.05) is 290 Å². The van der Waals surface area contributed by atoms with E-state index in [4.69, 9.17) is 290 Å². The van der Waals surface area contributed by atoms with Crippen LogP contribution in [0.2, 0.25) is 0 Å². The molecule has 0 aliphatic carbocycles. The van der Waals surface area contributed by atoms with E-state index >= 15 is 0 Å². The van der Waals surface area contributed by atoms with Crippen molar-refractivity contribution in [3.63, 3.8) is 0 Å². The molecule has 0 rings (SSSR count). The Bertz CT molecular complexity index is 1100. The first-order chi connectivity index (χ1) is 17.0. The number of hydrogen-bond donors (Lipinski definition) is 1. The fourth-order valence-electron chi connectivity index (χ4n) is 2.10. The Morgan fingerprint density at radius 3 is 0.585 bits per heavy atom. The Morgan fingerprint density at radius 2 is 0.439 bits per heavy atom. The molecule has 0 spiro atoms. The van der Waals surface area contributed by atoms with E-state index in [-0.39, 0.29) is 0 Å². The molecule has 0 aliphatic rings. The minimum Gasteiger partial charge on any atom is -0.283 e. The molecule has 0 aromatic carbocycles. The van der Waals surface area contributed by atoms with Gasteiger partial charge in [0.25, 0.3) is 3.67 Å². The lowest BCUT2D eigenvalue weighted by Crippen LogP contribution is -2.74. The highest BCUT2D eigenvalue weighted by molar-refractivity contribution is 7.90. The predicted molar refractivity (Wildman–Crippen MR) is 191 cm³/mol. The molecule has 0 aromatic rings. The maximum atomic E-state index is 11.8. The van der Waals surface area contributed by atoms with Crippen molar-refractivity contribution in [3.05, 3.63) is 0 Å². The van der Waals surface area contributed by atoms with E-state index in [1.807, 2.05) is 0 Å². The van der Waals surface area contributed by atoms with E-state index in [2.05, 4.69) is 0 Å². The Morgan fingerprint density at radius 1 is 0.293 bits per heavy atom. The SMILES string of the molecule is O=S(=O)(O)C(Cl)(Cl)C(Cl)(Cl)C(Cl)(Cl)C(Cl)(Cl)C(Cl)(Cl)C(Cl)(Cl)C(Cl)(Cl)C(Cl)(Cl)C(Cl)(Cl)C(Cl)(Cl)C(Cl)(Cl)C(Cl)(Cl)Cl. The predicted octanol–water partition coefficient (Wildman–Crippen LogP) is 14.1. The van der Waals surface area contributed by atoms with Crippen LogP contribution in [0.3, 0.4) is 0 Å². The van der Waals surface area contributed by atoms with E-state index in [0.717, 1.165) is 0 Å². The molecule has 0 aliphatic heterocycles. The number of hydrogen-bond acceptors (Lipinski definition) is 2. The Labute approximate surface area is 358 Å². The minimum atomic E-state index is -5.69. The van der Waals surface area contributed by atoms with Crippen LogP contribution in [0.4, 0.5) is 0 Å². The largest absolute Gasteiger partial charge is 0.302 e. The molecule has 0 saturated heterocycles. The standard InChI is InChI=1S/C12HCl25O3S/c13-1(14,3(17,18)5(21,22)7(25,26)9(29,30)11(33,34)35)2(15,16)4(19,20)6(23,24)8(27,28)10(31,32)12(36,37)41(38,39)40/h(H,38,39,40). The summed E-state index contributed by atoms with van der Waals surface area (Å²) in [6.07, 6.45) is 0. The molecule has 0 bridgehead atoms. The molecule has 41 heavy (non-hydrogen) atoms. The molecule has 0 aromatic heterocycles. The highest BCUT2D eigenvalue weighted by Crippen LogP contribution is 2.76. The third-order valence-corrected chi connectivity index (χ3v) is 24.1.